The smallest absolute Gasteiger partial charge is 0.313 e. The van der Waals surface area contributed by atoms with Gasteiger partial charge in [0.05, 0.1) is 11.5 Å². The van der Waals surface area contributed by atoms with Crippen molar-refractivity contribution in [1.82, 2.24) is 0 Å². The van der Waals surface area contributed by atoms with Crippen LogP contribution in [0.1, 0.15) is 58.8 Å². The van der Waals surface area contributed by atoms with Crippen LogP contribution >= 0.6 is 0 Å². The van der Waals surface area contributed by atoms with Gasteiger partial charge in [-0.1, -0.05) is 12.5 Å². The highest BCUT2D eigenvalue weighted by atomic mass is 16.6. The second-order valence-corrected chi connectivity index (χ2v) is 9.49. The summed E-state index contributed by atoms with van der Waals surface area (Å²) < 4.78 is 5.63. The first-order valence-electron chi connectivity index (χ1n) is 10.0. The average molecular weight is 344 g/mol. The van der Waals surface area contributed by atoms with Gasteiger partial charge in [0.15, 0.2) is 5.78 Å². The summed E-state index contributed by atoms with van der Waals surface area (Å²) in [6.07, 6.45) is 7.59. The van der Waals surface area contributed by atoms with Crippen LogP contribution in [0.2, 0.25) is 0 Å². The fourth-order valence-corrected chi connectivity index (χ4v) is 7.75. The zero-order valence-electron chi connectivity index (χ0n) is 15.2. The lowest BCUT2D eigenvalue weighted by molar-refractivity contribution is -0.157. The zero-order valence-corrected chi connectivity index (χ0v) is 15.2. The predicted molar refractivity (Wildman–Crippen MR) is 91.5 cm³/mol. The van der Waals surface area contributed by atoms with E-state index in [-0.39, 0.29) is 35.1 Å². The normalized spacial score (nSPS) is 54.1. The van der Waals surface area contributed by atoms with E-state index in [4.69, 9.17) is 4.74 Å². The molecule has 0 bridgehead atoms. The molecule has 1 heterocycles. The van der Waals surface area contributed by atoms with Crippen molar-refractivity contribution in [2.24, 2.45) is 34.5 Å². The highest BCUT2D eigenvalue weighted by Crippen LogP contribution is 2.69. The van der Waals surface area contributed by atoms with Crippen molar-refractivity contribution in [2.75, 3.05) is 0 Å². The summed E-state index contributed by atoms with van der Waals surface area (Å²) in [5.74, 6) is 1.47. The van der Waals surface area contributed by atoms with E-state index in [9.17, 15) is 14.7 Å². The van der Waals surface area contributed by atoms with Crippen LogP contribution in [0.4, 0.5) is 0 Å². The van der Waals surface area contributed by atoms with Gasteiger partial charge in [0.2, 0.25) is 0 Å². The van der Waals surface area contributed by atoms with E-state index in [1.807, 2.05) is 13.0 Å². The van der Waals surface area contributed by atoms with Crippen molar-refractivity contribution in [3.05, 3.63) is 11.6 Å². The molecule has 0 aromatic rings. The topological polar surface area (TPSA) is 63.6 Å². The highest BCUT2D eigenvalue weighted by Gasteiger charge is 2.71. The number of allylic oxidation sites excluding steroid dienone is 1. The third-order valence-corrected chi connectivity index (χ3v) is 8.77. The van der Waals surface area contributed by atoms with E-state index < -0.39 is 11.5 Å². The Balaban J connectivity index is 1.55. The molecule has 4 heteroatoms. The molecule has 0 amide bonds. The maximum atomic E-state index is 12.9. The van der Waals surface area contributed by atoms with Crippen molar-refractivity contribution in [1.29, 1.82) is 0 Å². The summed E-state index contributed by atoms with van der Waals surface area (Å²) in [4.78, 5) is 24.8. The molecule has 3 saturated carbocycles. The van der Waals surface area contributed by atoms with Gasteiger partial charge in [-0.3, -0.25) is 9.59 Å². The molecule has 5 aliphatic rings. The first-order chi connectivity index (χ1) is 11.9. The Morgan fingerprint density at radius 2 is 1.96 bits per heavy atom. The van der Waals surface area contributed by atoms with E-state index in [0.29, 0.717) is 18.3 Å². The lowest BCUT2D eigenvalue weighted by Crippen LogP contribution is -2.52. The average Bonchev–Trinajstić information content (AvgIpc) is 3.01. The van der Waals surface area contributed by atoms with Crippen LogP contribution in [0.25, 0.3) is 0 Å². The first-order valence-corrected chi connectivity index (χ1v) is 10.0. The number of carbonyl (C=O) groups excluding carboxylic acids is 2. The second kappa shape index (κ2) is 4.97. The van der Waals surface area contributed by atoms with Gasteiger partial charge >= 0.3 is 5.97 Å². The number of esters is 1. The lowest BCUT2D eigenvalue weighted by atomic mass is 9.46. The van der Waals surface area contributed by atoms with Gasteiger partial charge in [-0.15, -0.1) is 0 Å². The summed E-state index contributed by atoms with van der Waals surface area (Å²) in [5.41, 5.74) is 1.01. The Morgan fingerprint density at radius 1 is 1.16 bits per heavy atom. The Bertz CT molecular complexity index is 681. The quantitative estimate of drug-likeness (QED) is 0.686. The van der Waals surface area contributed by atoms with Crippen molar-refractivity contribution in [3.8, 4) is 0 Å². The number of aliphatic hydroxyl groups is 1. The highest BCUT2D eigenvalue weighted by molar-refractivity contribution is 5.91. The number of fused-ring (bicyclic) bond motifs is 4. The van der Waals surface area contributed by atoms with E-state index in [0.717, 1.165) is 38.5 Å². The minimum Gasteiger partial charge on any atom is -0.462 e. The molecule has 1 aliphatic heterocycles. The van der Waals surface area contributed by atoms with Crippen LogP contribution in [0.3, 0.4) is 0 Å². The molecule has 0 aromatic carbocycles. The van der Waals surface area contributed by atoms with Crippen LogP contribution in [-0.4, -0.2) is 29.1 Å². The van der Waals surface area contributed by atoms with Gasteiger partial charge in [-0.25, -0.2) is 0 Å². The molecule has 25 heavy (non-hydrogen) atoms. The molecule has 4 nitrogen and oxygen atoms in total. The van der Waals surface area contributed by atoms with Crippen LogP contribution < -0.4 is 0 Å². The van der Waals surface area contributed by atoms with Crippen molar-refractivity contribution >= 4 is 11.8 Å². The monoisotopic (exact) mass is 344 g/mol. The van der Waals surface area contributed by atoms with Gasteiger partial charge in [0.25, 0.3) is 0 Å². The maximum Gasteiger partial charge on any atom is 0.313 e. The van der Waals surface area contributed by atoms with Gasteiger partial charge in [0, 0.05) is 12.3 Å². The molecule has 4 aliphatic carbocycles. The number of hydrogen-bond acceptors (Lipinski definition) is 4. The van der Waals surface area contributed by atoms with Crippen LogP contribution in [-0.2, 0) is 14.3 Å². The summed E-state index contributed by atoms with van der Waals surface area (Å²) in [6, 6.07) is 0. The van der Waals surface area contributed by atoms with Crippen LogP contribution in [0, 0.1) is 34.5 Å². The number of carbonyl (C=O) groups is 2. The molecular formula is C21H28O4. The van der Waals surface area contributed by atoms with Crippen molar-refractivity contribution in [3.63, 3.8) is 0 Å². The fraction of sp³-hybridized carbons (Fsp3) is 0.810. The van der Waals surface area contributed by atoms with Gasteiger partial charge in [0.1, 0.15) is 6.10 Å². The molecule has 8 unspecified atom stereocenters. The SMILES string of the molecule is CC1OC(=O)C23CCC4C(CCC5=CC(=O)CCC54C)C2CC(O)C13. The molecule has 1 spiro atoms. The van der Waals surface area contributed by atoms with Crippen LogP contribution in [0.15, 0.2) is 11.6 Å². The summed E-state index contributed by atoms with van der Waals surface area (Å²) in [5, 5.41) is 10.7. The van der Waals surface area contributed by atoms with Crippen LogP contribution in [0.5, 0.6) is 0 Å². The number of aliphatic hydroxyl groups excluding tert-OH is 1. The summed E-state index contributed by atoms with van der Waals surface area (Å²) in [6.45, 7) is 4.29. The third kappa shape index (κ3) is 1.82. The molecule has 0 radical (unpaired) electrons. The van der Waals surface area contributed by atoms with Crippen molar-refractivity contribution < 1.29 is 19.4 Å². The van der Waals surface area contributed by atoms with E-state index in [1.54, 1.807) is 0 Å². The zero-order chi connectivity index (χ0) is 17.6. The Labute approximate surface area is 149 Å². The molecule has 1 saturated heterocycles. The number of ether oxygens (including phenoxy) is 1. The molecule has 1 N–H and O–H groups in total. The van der Waals surface area contributed by atoms with E-state index in [2.05, 4.69) is 6.92 Å². The summed E-state index contributed by atoms with van der Waals surface area (Å²) in [7, 11) is 0. The maximum absolute atomic E-state index is 12.9. The molecule has 5 rings (SSSR count). The Kier molecular flexibility index (Phi) is 3.19. The molecule has 0 aromatic heterocycles. The third-order valence-electron chi connectivity index (χ3n) is 8.77. The number of ketones is 1. The Hall–Kier alpha value is -1.16. The minimum absolute atomic E-state index is 0.0244. The molecular weight excluding hydrogens is 316 g/mol. The standard InChI is InChI=1S/C21H28O4/c1-11-18-17(23)10-16-14-4-3-12-9-13(22)5-7-20(12,2)15(14)6-8-21(16,18)19(24)25-11/h9,11,14-18,23H,3-8,10H2,1-2H3. The van der Waals surface area contributed by atoms with Gasteiger partial charge in [-0.05, 0) is 74.7 Å². The Morgan fingerprint density at radius 3 is 2.76 bits per heavy atom. The summed E-state index contributed by atoms with van der Waals surface area (Å²) >= 11 is 0. The number of cyclic esters (lactones) is 1. The van der Waals surface area contributed by atoms with E-state index >= 15 is 0 Å². The number of hydrogen-bond donors (Lipinski definition) is 1. The number of rotatable bonds is 0. The molecule has 136 valence electrons. The van der Waals surface area contributed by atoms with E-state index in [1.165, 1.54) is 5.57 Å². The molecule has 8 atom stereocenters. The largest absolute Gasteiger partial charge is 0.462 e. The minimum atomic E-state index is -0.442. The molecule has 4 fully saturated rings. The predicted octanol–water partition coefficient (Wildman–Crippen LogP) is 3.03. The first kappa shape index (κ1) is 16.0. The second-order valence-electron chi connectivity index (χ2n) is 9.49. The lowest BCUT2D eigenvalue weighted by Gasteiger charge is -2.56. The van der Waals surface area contributed by atoms with Gasteiger partial charge < -0.3 is 9.84 Å². The fourth-order valence-electron chi connectivity index (χ4n) is 7.75. The van der Waals surface area contributed by atoms with Crippen molar-refractivity contribution in [2.45, 2.75) is 71.0 Å². The van der Waals surface area contributed by atoms with Gasteiger partial charge in [-0.2, -0.15) is 0 Å².